The van der Waals surface area contributed by atoms with Gasteiger partial charge in [-0.1, -0.05) is 63.2 Å². The van der Waals surface area contributed by atoms with Crippen LogP contribution in [0.25, 0.3) is 11.1 Å². The summed E-state index contributed by atoms with van der Waals surface area (Å²) in [4.78, 5) is 12.9. The molecular weight excluding hydrogens is 334 g/mol. The van der Waals surface area contributed by atoms with Crippen molar-refractivity contribution in [1.29, 1.82) is 0 Å². The summed E-state index contributed by atoms with van der Waals surface area (Å²) in [6.45, 7) is 6.52. The van der Waals surface area contributed by atoms with Crippen molar-refractivity contribution >= 4 is 11.6 Å². The van der Waals surface area contributed by atoms with E-state index < -0.39 is 0 Å². The third-order valence-corrected chi connectivity index (χ3v) is 4.58. The molecule has 0 radical (unpaired) electrons. The number of hydrogen-bond donors (Lipinski definition) is 1. The van der Waals surface area contributed by atoms with Crippen molar-refractivity contribution < 1.29 is 9.53 Å². The second-order valence-corrected chi connectivity index (χ2v) is 7.56. The molecule has 3 rings (SSSR count). The molecule has 138 valence electrons. The molecule has 3 heteroatoms. The lowest BCUT2D eigenvalue weighted by Gasteiger charge is -2.19. The van der Waals surface area contributed by atoms with Crippen LogP contribution in [-0.4, -0.2) is 13.0 Å². The minimum absolute atomic E-state index is 0.0868. The van der Waals surface area contributed by atoms with E-state index in [1.165, 1.54) is 5.56 Å². The summed E-state index contributed by atoms with van der Waals surface area (Å²) in [5.41, 5.74) is 4.62. The summed E-state index contributed by atoms with van der Waals surface area (Å²) in [6.07, 6.45) is 0. The number of carbonyl (C=O) groups is 1. The number of rotatable bonds is 4. The molecule has 0 aromatic heterocycles. The second kappa shape index (κ2) is 7.67. The smallest absolute Gasteiger partial charge is 0.256 e. The van der Waals surface area contributed by atoms with Gasteiger partial charge in [-0.05, 0) is 52.4 Å². The first-order valence-electron chi connectivity index (χ1n) is 9.04. The molecule has 27 heavy (non-hydrogen) atoms. The van der Waals surface area contributed by atoms with Crippen molar-refractivity contribution in [1.82, 2.24) is 0 Å². The molecule has 0 saturated carbocycles. The molecule has 0 atom stereocenters. The SMILES string of the molecule is COc1ccc(-c2ccccc2C(=O)Nc2ccc(C(C)(C)C)cc2)cc1. The average molecular weight is 359 g/mol. The van der Waals surface area contributed by atoms with Gasteiger partial charge >= 0.3 is 0 Å². The standard InChI is InChI=1S/C24H25NO2/c1-24(2,3)18-11-13-19(14-12-18)25-23(26)22-8-6-5-7-21(22)17-9-15-20(27-4)16-10-17/h5-16H,1-4H3,(H,25,26). The molecule has 0 fully saturated rings. The van der Waals surface area contributed by atoms with Crippen LogP contribution in [0.4, 0.5) is 5.69 Å². The topological polar surface area (TPSA) is 38.3 Å². The van der Waals surface area contributed by atoms with Crippen LogP contribution >= 0.6 is 0 Å². The number of ether oxygens (including phenoxy) is 1. The lowest BCUT2D eigenvalue weighted by atomic mass is 9.87. The van der Waals surface area contributed by atoms with Gasteiger partial charge in [0.1, 0.15) is 5.75 Å². The van der Waals surface area contributed by atoms with Gasteiger partial charge in [0.2, 0.25) is 0 Å². The van der Waals surface area contributed by atoms with E-state index >= 15 is 0 Å². The maximum atomic E-state index is 12.9. The van der Waals surface area contributed by atoms with Gasteiger partial charge in [-0.3, -0.25) is 4.79 Å². The molecule has 3 nitrogen and oxygen atoms in total. The third kappa shape index (κ3) is 4.37. The molecule has 0 spiro atoms. The van der Waals surface area contributed by atoms with Crippen molar-refractivity contribution in [3.05, 3.63) is 83.9 Å². The van der Waals surface area contributed by atoms with E-state index in [-0.39, 0.29) is 11.3 Å². The van der Waals surface area contributed by atoms with Crippen molar-refractivity contribution in [3.63, 3.8) is 0 Å². The highest BCUT2D eigenvalue weighted by Crippen LogP contribution is 2.27. The Hall–Kier alpha value is -3.07. The average Bonchev–Trinajstić information content (AvgIpc) is 2.68. The van der Waals surface area contributed by atoms with E-state index in [1.54, 1.807) is 7.11 Å². The predicted molar refractivity (Wildman–Crippen MR) is 112 cm³/mol. The number of methoxy groups -OCH3 is 1. The summed E-state index contributed by atoms with van der Waals surface area (Å²) in [5, 5.41) is 3.01. The minimum Gasteiger partial charge on any atom is -0.497 e. The summed E-state index contributed by atoms with van der Waals surface area (Å²) >= 11 is 0. The van der Waals surface area contributed by atoms with Crippen LogP contribution in [0.3, 0.4) is 0 Å². The molecule has 1 amide bonds. The van der Waals surface area contributed by atoms with Gasteiger partial charge < -0.3 is 10.1 Å². The van der Waals surface area contributed by atoms with Crippen LogP contribution in [0.15, 0.2) is 72.8 Å². The zero-order chi connectivity index (χ0) is 19.4. The zero-order valence-electron chi connectivity index (χ0n) is 16.2. The van der Waals surface area contributed by atoms with E-state index in [2.05, 4.69) is 38.2 Å². The first-order valence-corrected chi connectivity index (χ1v) is 9.04. The van der Waals surface area contributed by atoms with Crippen LogP contribution in [0.5, 0.6) is 5.75 Å². The van der Waals surface area contributed by atoms with Crippen LogP contribution in [0, 0.1) is 0 Å². The summed E-state index contributed by atoms with van der Waals surface area (Å²) in [7, 11) is 1.64. The van der Waals surface area contributed by atoms with Gasteiger partial charge in [0.15, 0.2) is 0 Å². The van der Waals surface area contributed by atoms with E-state index in [1.807, 2.05) is 60.7 Å². The van der Waals surface area contributed by atoms with Crippen molar-refractivity contribution in [3.8, 4) is 16.9 Å². The fourth-order valence-electron chi connectivity index (χ4n) is 2.96. The van der Waals surface area contributed by atoms with Gasteiger partial charge in [0.25, 0.3) is 5.91 Å². The zero-order valence-corrected chi connectivity index (χ0v) is 16.2. The number of benzene rings is 3. The second-order valence-electron chi connectivity index (χ2n) is 7.56. The number of anilines is 1. The largest absolute Gasteiger partial charge is 0.497 e. The normalized spacial score (nSPS) is 11.1. The molecule has 0 aliphatic carbocycles. The Morgan fingerprint density at radius 2 is 1.48 bits per heavy atom. The fraction of sp³-hybridized carbons (Fsp3) is 0.208. The molecule has 0 bridgehead atoms. The fourth-order valence-corrected chi connectivity index (χ4v) is 2.96. The Morgan fingerprint density at radius 3 is 2.07 bits per heavy atom. The van der Waals surface area contributed by atoms with Crippen LogP contribution < -0.4 is 10.1 Å². The first-order chi connectivity index (χ1) is 12.9. The van der Waals surface area contributed by atoms with Gasteiger partial charge in [0, 0.05) is 11.3 Å². The van der Waals surface area contributed by atoms with Crippen molar-refractivity contribution in [2.24, 2.45) is 0 Å². The molecule has 3 aromatic carbocycles. The maximum Gasteiger partial charge on any atom is 0.256 e. The maximum absolute atomic E-state index is 12.9. The Kier molecular flexibility index (Phi) is 5.31. The quantitative estimate of drug-likeness (QED) is 0.628. The molecule has 0 saturated heterocycles. The number of carbonyl (C=O) groups excluding carboxylic acids is 1. The molecular formula is C24H25NO2. The monoisotopic (exact) mass is 359 g/mol. The highest BCUT2D eigenvalue weighted by molar-refractivity contribution is 6.08. The predicted octanol–water partition coefficient (Wildman–Crippen LogP) is 5.91. The molecule has 0 heterocycles. The third-order valence-electron chi connectivity index (χ3n) is 4.58. The van der Waals surface area contributed by atoms with Crippen molar-refractivity contribution in [2.45, 2.75) is 26.2 Å². The summed E-state index contributed by atoms with van der Waals surface area (Å²) < 4.78 is 5.22. The van der Waals surface area contributed by atoms with Crippen LogP contribution in [-0.2, 0) is 5.41 Å². The lowest BCUT2D eigenvalue weighted by molar-refractivity contribution is 0.102. The molecule has 3 aromatic rings. The molecule has 1 N–H and O–H groups in total. The van der Waals surface area contributed by atoms with E-state index in [9.17, 15) is 4.79 Å². The molecule has 0 aliphatic rings. The van der Waals surface area contributed by atoms with Crippen LogP contribution in [0.2, 0.25) is 0 Å². The van der Waals surface area contributed by atoms with E-state index in [0.717, 1.165) is 22.6 Å². The summed E-state index contributed by atoms with van der Waals surface area (Å²) in [6, 6.07) is 23.4. The number of hydrogen-bond acceptors (Lipinski definition) is 2. The van der Waals surface area contributed by atoms with Crippen LogP contribution in [0.1, 0.15) is 36.7 Å². The van der Waals surface area contributed by atoms with E-state index in [4.69, 9.17) is 4.74 Å². The van der Waals surface area contributed by atoms with Crippen molar-refractivity contribution in [2.75, 3.05) is 12.4 Å². The Balaban J connectivity index is 1.85. The molecule has 0 aliphatic heterocycles. The minimum atomic E-state index is -0.120. The van der Waals surface area contributed by atoms with E-state index in [0.29, 0.717) is 5.56 Å². The van der Waals surface area contributed by atoms with Gasteiger partial charge in [0.05, 0.1) is 7.11 Å². The van der Waals surface area contributed by atoms with Gasteiger partial charge in [-0.15, -0.1) is 0 Å². The first kappa shape index (κ1) is 18.7. The highest BCUT2D eigenvalue weighted by Gasteiger charge is 2.15. The lowest BCUT2D eigenvalue weighted by Crippen LogP contribution is -2.14. The molecule has 0 unspecified atom stereocenters. The summed E-state index contributed by atoms with van der Waals surface area (Å²) in [5.74, 6) is 0.671. The Labute approximate surface area is 161 Å². The number of nitrogens with one attached hydrogen (secondary N) is 1. The Bertz CT molecular complexity index is 920. The van der Waals surface area contributed by atoms with Gasteiger partial charge in [-0.25, -0.2) is 0 Å². The highest BCUT2D eigenvalue weighted by atomic mass is 16.5. The Morgan fingerprint density at radius 1 is 0.852 bits per heavy atom. The number of amides is 1. The van der Waals surface area contributed by atoms with Gasteiger partial charge in [-0.2, -0.15) is 0 Å².